The number of ketones is 1. The fraction of sp³-hybridized carbons (Fsp3) is 0.471. The van der Waals surface area contributed by atoms with Crippen LogP contribution in [0.3, 0.4) is 0 Å². The highest BCUT2D eigenvalue weighted by atomic mass is 79.9. The van der Waals surface area contributed by atoms with Gasteiger partial charge in [0.2, 0.25) is 0 Å². The van der Waals surface area contributed by atoms with Gasteiger partial charge in [-0.25, -0.2) is 0 Å². The second-order valence-corrected chi connectivity index (χ2v) is 6.99. The van der Waals surface area contributed by atoms with Gasteiger partial charge in [0.05, 0.1) is 5.33 Å². The van der Waals surface area contributed by atoms with E-state index in [-0.39, 0.29) is 5.92 Å². The van der Waals surface area contributed by atoms with E-state index in [1.54, 1.807) is 0 Å². The van der Waals surface area contributed by atoms with E-state index >= 15 is 0 Å². The number of rotatable bonds is 2. The maximum atomic E-state index is 12.1. The lowest BCUT2D eigenvalue weighted by atomic mass is 9.72. The molecular formula is C17H19BrN2O. The van der Waals surface area contributed by atoms with Crippen molar-refractivity contribution in [2.75, 3.05) is 18.9 Å². The van der Waals surface area contributed by atoms with Crippen LogP contribution in [0.1, 0.15) is 23.5 Å². The van der Waals surface area contributed by atoms with Crippen LogP contribution in [-0.2, 0) is 11.2 Å². The summed E-state index contributed by atoms with van der Waals surface area (Å²) in [5.41, 5.74) is 4.09. The first-order chi connectivity index (χ1) is 10.2. The van der Waals surface area contributed by atoms with Gasteiger partial charge in [-0.3, -0.25) is 4.79 Å². The van der Waals surface area contributed by atoms with Gasteiger partial charge in [-0.05, 0) is 37.1 Å². The molecule has 0 spiro atoms. The molecule has 1 aliphatic heterocycles. The Kier molecular flexibility index (Phi) is 3.19. The van der Waals surface area contributed by atoms with E-state index < -0.39 is 0 Å². The van der Waals surface area contributed by atoms with Crippen LogP contribution in [0.25, 0.3) is 10.9 Å². The Morgan fingerprint density at radius 1 is 1.48 bits per heavy atom. The monoisotopic (exact) mass is 346 g/mol. The molecule has 4 heteroatoms. The first kappa shape index (κ1) is 13.5. The summed E-state index contributed by atoms with van der Waals surface area (Å²) in [6, 6.07) is 7.07. The Bertz CT molecular complexity index is 708. The zero-order valence-corrected chi connectivity index (χ0v) is 13.7. The minimum atomic E-state index is 0.159. The number of Topliss-reactive ketones (excluding diaryl/α,β-unsaturated/α-hetero) is 1. The van der Waals surface area contributed by atoms with Crippen LogP contribution in [0.4, 0.5) is 0 Å². The van der Waals surface area contributed by atoms with E-state index in [1.807, 2.05) is 0 Å². The second kappa shape index (κ2) is 4.96. The van der Waals surface area contributed by atoms with Crippen LogP contribution in [-0.4, -0.2) is 40.6 Å². The number of hydrogen-bond donors (Lipinski definition) is 1. The average Bonchev–Trinajstić information content (AvgIpc) is 2.92. The number of carbonyl (C=O) groups excluding carboxylic acids is 1. The molecule has 3 nitrogen and oxygen atoms in total. The Hall–Kier alpha value is -1.13. The number of H-pyrrole nitrogens is 1. The number of carbonyl (C=O) groups is 1. The fourth-order valence-electron chi connectivity index (χ4n) is 4.28. The smallest absolute Gasteiger partial charge is 0.147 e. The van der Waals surface area contributed by atoms with Crippen LogP contribution in [0.15, 0.2) is 24.4 Å². The summed E-state index contributed by atoms with van der Waals surface area (Å²) < 4.78 is 0. The number of piperidine rings is 1. The summed E-state index contributed by atoms with van der Waals surface area (Å²) in [6.45, 7) is 0.890. The predicted molar refractivity (Wildman–Crippen MR) is 88.1 cm³/mol. The lowest BCUT2D eigenvalue weighted by molar-refractivity contribution is -0.122. The van der Waals surface area contributed by atoms with Gasteiger partial charge in [0, 0.05) is 41.5 Å². The van der Waals surface area contributed by atoms with Crippen molar-refractivity contribution in [3.63, 3.8) is 0 Å². The van der Waals surface area contributed by atoms with Gasteiger partial charge in [0.1, 0.15) is 5.78 Å². The third-order valence-electron chi connectivity index (χ3n) is 5.31. The van der Waals surface area contributed by atoms with Crippen molar-refractivity contribution in [3.05, 3.63) is 35.5 Å². The summed E-state index contributed by atoms with van der Waals surface area (Å²) in [6.07, 6.45) is 4.24. The molecule has 3 atom stereocenters. The molecule has 1 aromatic carbocycles. The van der Waals surface area contributed by atoms with Gasteiger partial charge in [-0.1, -0.05) is 28.1 Å². The third kappa shape index (κ3) is 2.00. The number of likely N-dealkylation sites (N-methyl/N-ethyl adjacent to an activating group) is 1. The van der Waals surface area contributed by atoms with E-state index in [9.17, 15) is 4.79 Å². The van der Waals surface area contributed by atoms with Gasteiger partial charge in [0.15, 0.2) is 0 Å². The number of aromatic amines is 1. The molecule has 0 amide bonds. The Morgan fingerprint density at radius 3 is 3.14 bits per heavy atom. The van der Waals surface area contributed by atoms with Gasteiger partial charge in [0.25, 0.3) is 0 Å². The summed E-state index contributed by atoms with van der Waals surface area (Å²) in [5, 5.41) is 1.88. The van der Waals surface area contributed by atoms with Crippen LogP contribution in [0.5, 0.6) is 0 Å². The van der Waals surface area contributed by atoms with Gasteiger partial charge in [-0.2, -0.15) is 0 Å². The number of benzene rings is 1. The lowest BCUT2D eigenvalue weighted by Crippen LogP contribution is -2.49. The number of nitrogens with one attached hydrogen (secondary N) is 1. The summed E-state index contributed by atoms with van der Waals surface area (Å²) in [4.78, 5) is 17.9. The van der Waals surface area contributed by atoms with Crippen molar-refractivity contribution in [1.82, 2.24) is 9.88 Å². The number of nitrogens with zero attached hydrogens (tertiary/aromatic N) is 1. The predicted octanol–water partition coefficient (Wildman–Crippen LogP) is 3.09. The highest BCUT2D eigenvalue weighted by Crippen LogP contribution is 2.44. The molecule has 0 bridgehead atoms. The normalized spacial score (nSPS) is 28.6. The number of fused-ring (bicyclic) bond motifs is 2. The first-order valence-electron chi connectivity index (χ1n) is 7.57. The quantitative estimate of drug-likeness (QED) is 0.848. The second-order valence-electron chi connectivity index (χ2n) is 6.43. The highest BCUT2D eigenvalue weighted by molar-refractivity contribution is 9.09. The number of hydrogen-bond acceptors (Lipinski definition) is 2. The molecule has 1 saturated heterocycles. The molecule has 0 saturated carbocycles. The van der Waals surface area contributed by atoms with Crippen LogP contribution >= 0.6 is 15.9 Å². The van der Waals surface area contributed by atoms with E-state index in [1.165, 1.54) is 22.0 Å². The standard InChI is InChI=1S/C17H19BrN2O/c1-20-9-11(16(21)7-18)5-13-12-3-2-4-14-17(12)10(8-19-14)6-15(13)20/h2-4,8,11,13,15,19H,5-7,9H2,1H3/t11?,13?,15-/m1/s1. The van der Waals surface area contributed by atoms with Crippen LogP contribution in [0.2, 0.25) is 0 Å². The van der Waals surface area contributed by atoms with E-state index in [0.717, 1.165) is 19.4 Å². The molecule has 2 heterocycles. The number of halogens is 1. The Labute approximate surface area is 132 Å². The molecule has 2 unspecified atom stereocenters. The van der Waals surface area contributed by atoms with Crippen molar-refractivity contribution < 1.29 is 4.79 Å². The largest absolute Gasteiger partial charge is 0.361 e. The van der Waals surface area contributed by atoms with Crippen LogP contribution in [0, 0.1) is 5.92 Å². The Morgan fingerprint density at radius 2 is 2.33 bits per heavy atom. The third-order valence-corrected chi connectivity index (χ3v) is 5.87. The van der Waals surface area contributed by atoms with Gasteiger partial charge >= 0.3 is 0 Å². The molecule has 0 radical (unpaired) electrons. The molecule has 1 aliphatic carbocycles. The zero-order chi connectivity index (χ0) is 14.6. The first-order valence-corrected chi connectivity index (χ1v) is 8.69. The van der Waals surface area contributed by atoms with Crippen molar-refractivity contribution in [2.45, 2.75) is 24.8 Å². The van der Waals surface area contributed by atoms with Crippen molar-refractivity contribution in [1.29, 1.82) is 0 Å². The van der Waals surface area contributed by atoms with E-state index in [4.69, 9.17) is 0 Å². The molecule has 1 fully saturated rings. The minimum absolute atomic E-state index is 0.159. The average molecular weight is 347 g/mol. The summed E-state index contributed by atoms with van der Waals surface area (Å²) in [7, 11) is 2.17. The molecule has 4 rings (SSSR count). The summed E-state index contributed by atoms with van der Waals surface area (Å²) in [5.74, 6) is 0.975. The number of likely N-dealkylation sites (tertiary alicyclic amines) is 1. The lowest BCUT2D eigenvalue weighted by Gasteiger charge is -2.45. The fourth-order valence-corrected chi connectivity index (χ4v) is 4.74. The number of alkyl halides is 1. The van der Waals surface area contributed by atoms with E-state index in [0.29, 0.717) is 23.1 Å². The van der Waals surface area contributed by atoms with Gasteiger partial charge in [-0.15, -0.1) is 0 Å². The highest BCUT2D eigenvalue weighted by Gasteiger charge is 2.40. The van der Waals surface area contributed by atoms with Gasteiger partial charge < -0.3 is 9.88 Å². The molecule has 110 valence electrons. The molecule has 1 N–H and O–H groups in total. The molecule has 2 aliphatic rings. The molecule has 21 heavy (non-hydrogen) atoms. The van der Waals surface area contributed by atoms with Crippen molar-refractivity contribution in [3.8, 4) is 0 Å². The topological polar surface area (TPSA) is 36.1 Å². The van der Waals surface area contributed by atoms with Crippen molar-refractivity contribution in [2.24, 2.45) is 5.92 Å². The minimum Gasteiger partial charge on any atom is -0.361 e. The van der Waals surface area contributed by atoms with Crippen LogP contribution < -0.4 is 0 Å². The maximum absolute atomic E-state index is 12.1. The van der Waals surface area contributed by atoms with Crippen molar-refractivity contribution >= 4 is 32.6 Å². The SMILES string of the molecule is CN1CC(C(=O)CBr)CC2c3cccc4[nH]cc(c34)C[C@H]21. The van der Waals surface area contributed by atoms with E-state index in [2.05, 4.69) is 57.3 Å². The molecule has 1 aromatic heterocycles. The zero-order valence-electron chi connectivity index (χ0n) is 12.1. The maximum Gasteiger partial charge on any atom is 0.147 e. The molecule has 2 aromatic rings. The Balaban J connectivity index is 1.79. The number of aromatic nitrogens is 1. The summed E-state index contributed by atoms with van der Waals surface area (Å²) >= 11 is 3.33. The molecular weight excluding hydrogens is 328 g/mol.